The third kappa shape index (κ3) is 8.28. The number of H-pyrrole nitrogens is 1. The Morgan fingerprint density at radius 3 is 2.02 bits per heavy atom. The summed E-state index contributed by atoms with van der Waals surface area (Å²) in [5, 5.41) is 7.36. The summed E-state index contributed by atoms with van der Waals surface area (Å²) >= 11 is 3.44. The van der Waals surface area contributed by atoms with Crippen LogP contribution in [0.4, 0.5) is 0 Å². The summed E-state index contributed by atoms with van der Waals surface area (Å²) in [6.45, 7) is 8.31. The average Bonchev–Trinajstić information content (AvgIpc) is 3.24. The van der Waals surface area contributed by atoms with Gasteiger partial charge in [0.1, 0.15) is 12.7 Å². The quantitative estimate of drug-likeness (QED) is 0.306. The number of hydrogen-bond acceptors (Lipinski definition) is 11. The molecular formula is C27H33BrN2O10. The molecule has 12 nitrogen and oxygen atoms in total. The number of aromatic amines is 1. The number of halogens is 1. The fraction of sp³-hybridized carbons (Fsp3) is 0.519. The molecule has 2 aromatic rings. The van der Waals surface area contributed by atoms with Gasteiger partial charge in [0.15, 0.2) is 12.2 Å². The topological polar surface area (TPSA) is 152 Å². The van der Waals surface area contributed by atoms with E-state index in [-0.39, 0.29) is 18.4 Å². The first-order valence-electron chi connectivity index (χ1n) is 12.6. The molecule has 0 saturated carbocycles. The highest BCUT2D eigenvalue weighted by atomic mass is 79.9. The van der Waals surface area contributed by atoms with Gasteiger partial charge in [0, 0.05) is 49.8 Å². The van der Waals surface area contributed by atoms with E-state index in [1.807, 2.05) is 38.1 Å². The monoisotopic (exact) mass is 624 g/mol. The van der Waals surface area contributed by atoms with Crippen molar-refractivity contribution in [1.82, 2.24) is 10.2 Å². The lowest BCUT2D eigenvalue weighted by molar-refractivity contribution is -0.289. The van der Waals surface area contributed by atoms with Crippen LogP contribution >= 0.6 is 15.9 Å². The van der Waals surface area contributed by atoms with Crippen LogP contribution in [0.1, 0.15) is 64.3 Å². The van der Waals surface area contributed by atoms with Crippen LogP contribution in [0.15, 0.2) is 28.7 Å². The summed E-state index contributed by atoms with van der Waals surface area (Å²) in [6, 6.07) is 7.76. The normalized spacial score (nSPS) is 22.4. The van der Waals surface area contributed by atoms with Crippen molar-refractivity contribution in [2.24, 2.45) is 0 Å². The Morgan fingerprint density at radius 1 is 0.900 bits per heavy atom. The van der Waals surface area contributed by atoms with Gasteiger partial charge in [-0.05, 0) is 23.6 Å². The molecule has 0 aliphatic carbocycles. The number of rotatable bonds is 10. The van der Waals surface area contributed by atoms with Gasteiger partial charge in [-0.15, -0.1) is 5.10 Å². The molecule has 1 saturated heterocycles. The van der Waals surface area contributed by atoms with Crippen LogP contribution in [0.25, 0.3) is 0 Å². The van der Waals surface area contributed by atoms with Gasteiger partial charge >= 0.3 is 23.9 Å². The summed E-state index contributed by atoms with van der Waals surface area (Å²) in [5.41, 5.74) is 2.55. The molecule has 218 valence electrons. The Balaban J connectivity index is 2.04. The van der Waals surface area contributed by atoms with Crippen LogP contribution < -0.4 is 4.74 Å². The Bertz CT molecular complexity index is 1210. The van der Waals surface area contributed by atoms with E-state index in [2.05, 4.69) is 26.1 Å². The lowest BCUT2D eigenvalue weighted by Gasteiger charge is -2.43. The molecule has 1 aromatic heterocycles. The molecule has 3 rings (SSSR count). The SMILES string of the molecule is CC(=O)OC[C@H]1OC(Oc2n[nH]c(C(C)C)c2Cc2ccc(Br)cc2)[C@H](OC(C)=O)[C@@H](OC(C)=O)[C@@H]1OC(C)=O. The second-order valence-corrected chi connectivity index (χ2v) is 10.5. The van der Waals surface area contributed by atoms with Gasteiger partial charge in [-0.3, -0.25) is 24.3 Å². The highest BCUT2D eigenvalue weighted by Crippen LogP contribution is 2.34. The van der Waals surface area contributed by atoms with Gasteiger partial charge in [0.2, 0.25) is 18.3 Å². The molecule has 0 radical (unpaired) electrons. The predicted molar refractivity (Wildman–Crippen MR) is 142 cm³/mol. The van der Waals surface area contributed by atoms with Gasteiger partial charge in [0.05, 0.1) is 0 Å². The van der Waals surface area contributed by atoms with Crippen molar-refractivity contribution in [3.63, 3.8) is 0 Å². The third-order valence-electron chi connectivity index (χ3n) is 5.91. The zero-order valence-electron chi connectivity index (χ0n) is 23.1. The Kier molecular flexibility index (Phi) is 10.7. The summed E-state index contributed by atoms with van der Waals surface area (Å²) in [7, 11) is 0. The van der Waals surface area contributed by atoms with Gasteiger partial charge in [-0.25, -0.2) is 0 Å². The van der Waals surface area contributed by atoms with Crippen molar-refractivity contribution >= 4 is 39.8 Å². The maximum Gasteiger partial charge on any atom is 0.303 e. The number of carbonyl (C=O) groups excluding carboxylic acids is 4. The van der Waals surface area contributed by atoms with Gasteiger partial charge < -0.3 is 28.4 Å². The molecule has 0 bridgehead atoms. The fourth-order valence-electron chi connectivity index (χ4n) is 4.31. The first kappa shape index (κ1) is 31.1. The van der Waals surface area contributed by atoms with Gasteiger partial charge in [-0.2, -0.15) is 0 Å². The minimum absolute atomic E-state index is 0.0608. The number of benzene rings is 1. The van der Waals surface area contributed by atoms with Crippen LogP contribution in [-0.4, -0.2) is 71.4 Å². The van der Waals surface area contributed by atoms with Crippen molar-refractivity contribution in [2.45, 2.75) is 84.6 Å². The molecule has 1 aliphatic rings. The maximum absolute atomic E-state index is 12.1. The zero-order valence-corrected chi connectivity index (χ0v) is 24.7. The van der Waals surface area contributed by atoms with E-state index in [0.29, 0.717) is 6.42 Å². The van der Waals surface area contributed by atoms with Crippen molar-refractivity contribution < 1.29 is 47.6 Å². The lowest BCUT2D eigenvalue weighted by Crippen LogP contribution is -2.63. The third-order valence-corrected chi connectivity index (χ3v) is 6.44. The van der Waals surface area contributed by atoms with E-state index in [1.165, 1.54) is 6.92 Å². The van der Waals surface area contributed by atoms with Gasteiger partial charge in [0.25, 0.3) is 0 Å². The number of nitrogens with one attached hydrogen (secondary N) is 1. The minimum atomic E-state index is -1.38. The van der Waals surface area contributed by atoms with Crippen LogP contribution in [-0.2, 0) is 49.3 Å². The molecule has 13 heteroatoms. The molecule has 1 N–H and O–H groups in total. The summed E-state index contributed by atoms with van der Waals surface area (Å²) in [6.07, 6.45) is -6.04. The number of ether oxygens (including phenoxy) is 6. The van der Waals surface area contributed by atoms with E-state index < -0.39 is 54.6 Å². The number of nitrogens with zero attached hydrogens (tertiary/aromatic N) is 1. The lowest BCUT2D eigenvalue weighted by atomic mass is 9.97. The molecule has 2 heterocycles. The fourth-order valence-corrected chi connectivity index (χ4v) is 4.57. The van der Waals surface area contributed by atoms with E-state index in [0.717, 1.165) is 42.1 Å². The van der Waals surface area contributed by atoms with Crippen molar-refractivity contribution in [3.8, 4) is 5.88 Å². The van der Waals surface area contributed by atoms with Crippen LogP contribution in [0.5, 0.6) is 5.88 Å². The number of aromatic nitrogens is 2. The molecule has 1 aliphatic heterocycles. The smallest absolute Gasteiger partial charge is 0.303 e. The van der Waals surface area contributed by atoms with E-state index in [9.17, 15) is 19.2 Å². The molecule has 0 spiro atoms. The van der Waals surface area contributed by atoms with Gasteiger partial charge in [-0.1, -0.05) is 41.9 Å². The van der Waals surface area contributed by atoms with Crippen LogP contribution in [0, 0.1) is 0 Å². The molecule has 0 amide bonds. The Hall–Kier alpha value is -3.45. The standard InChI is InChI=1S/C27H33BrN2O10/c1-13(2)22-20(11-18-7-9-19(28)10-8-18)26(30-29-22)40-27-25(38-17(6)34)24(37-16(5)33)23(36-15(4)32)21(39-27)12-35-14(3)31/h7-10,13,21,23-25,27H,11-12H2,1-6H3,(H,29,30)/t21-,23-,24+,25-,27?/m1/s1. The first-order chi connectivity index (χ1) is 18.8. The molecule has 40 heavy (non-hydrogen) atoms. The number of carbonyl (C=O) groups is 4. The molecule has 1 unspecified atom stereocenters. The van der Waals surface area contributed by atoms with E-state index >= 15 is 0 Å². The van der Waals surface area contributed by atoms with E-state index in [4.69, 9.17) is 28.4 Å². The number of esters is 4. The zero-order chi connectivity index (χ0) is 29.6. The van der Waals surface area contributed by atoms with Crippen LogP contribution in [0.3, 0.4) is 0 Å². The van der Waals surface area contributed by atoms with Crippen LogP contribution in [0.2, 0.25) is 0 Å². The Labute approximate surface area is 240 Å². The van der Waals surface area contributed by atoms with Crippen molar-refractivity contribution in [2.75, 3.05) is 6.61 Å². The minimum Gasteiger partial charge on any atom is -0.463 e. The molecule has 1 aromatic carbocycles. The molecule has 5 atom stereocenters. The summed E-state index contributed by atoms with van der Waals surface area (Å²) in [5.74, 6) is -2.55. The average molecular weight is 625 g/mol. The first-order valence-corrected chi connectivity index (χ1v) is 13.4. The maximum atomic E-state index is 12.1. The number of hydrogen-bond donors (Lipinski definition) is 1. The van der Waals surface area contributed by atoms with Crippen molar-refractivity contribution in [3.05, 3.63) is 45.6 Å². The second kappa shape index (κ2) is 13.8. The second-order valence-electron chi connectivity index (χ2n) is 9.56. The van der Waals surface area contributed by atoms with Crippen molar-refractivity contribution in [1.29, 1.82) is 0 Å². The summed E-state index contributed by atoms with van der Waals surface area (Å²) < 4.78 is 34.7. The molecule has 1 fully saturated rings. The Morgan fingerprint density at radius 2 is 1.48 bits per heavy atom. The highest BCUT2D eigenvalue weighted by Gasteiger charge is 2.53. The van der Waals surface area contributed by atoms with E-state index in [1.54, 1.807) is 0 Å². The largest absolute Gasteiger partial charge is 0.463 e. The predicted octanol–water partition coefficient (Wildman–Crippen LogP) is 3.35. The summed E-state index contributed by atoms with van der Waals surface area (Å²) in [4.78, 5) is 47.7. The molecular weight excluding hydrogens is 592 g/mol. The highest BCUT2D eigenvalue weighted by molar-refractivity contribution is 9.10.